The summed E-state index contributed by atoms with van der Waals surface area (Å²) in [5, 5.41) is 11.7. The number of anilines is 3. The summed E-state index contributed by atoms with van der Waals surface area (Å²) in [7, 11) is 0. The van der Waals surface area contributed by atoms with Crippen LogP contribution < -0.4 is 4.90 Å². The molecule has 0 fully saturated rings. The zero-order valence-corrected chi connectivity index (χ0v) is 26.1. The van der Waals surface area contributed by atoms with Gasteiger partial charge >= 0.3 is 12.4 Å². The Labute approximate surface area is 269 Å². The molecule has 0 bridgehead atoms. The molecular weight excluding hydrogens is 618 g/mol. The van der Waals surface area contributed by atoms with Crippen molar-refractivity contribution >= 4 is 17.1 Å². The van der Waals surface area contributed by atoms with E-state index in [-0.39, 0.29) is 22.8 Å². The lowest BCUT2D eigenvalue weighted by Crippen LogP contribution is -2.11. The average molecular weight is 655 g/mol. The molecule has 2 N–H and O–H groups in total. The SMILES string of the molecule is CCCCCc1ccc(N(c2ccc(CCCCC)cc2)c2cc(-c3cc(C(F)(F)F)[nH]n3)nc(-c3cc(C(F)(F)F)[nH]n3)c2)cc1. The van der Waals surface area contributed by atoms with Crippen LogP contribution >= 0.6 is 0 Å². The minimum atomic E-state index is -4.68. The van der Waals surface area contributed by atoms with Crippen LogP contribution in [0.25, 0.3) is 22.8 Å². The van der Waals surface area contributed by atoms with Gasteiger partial charge in [-0.25, -0.2) is 4.98 Å². The van der Waals surface area contributed by atoms with Gasteiger partial charge in [0.15, 0.2) is 0 Å². The van der Waals surface area contributed by atoms with Crippen LogP contribution in [-0.2, 0) is 25.2 Å². The van der Waals surface area contributed by atoms with Crippen molar-refractivity contribution in [2.45, 2.75) is 77.6 Å². The predicted octanol–water partition coefficient (Wildman–Crippen LogP) is 10.8. The third-order valence-corrected chi connectivity index (χ3v) is 7.89. The number of benzene rings is 2. The largest absolute Gasteiger partial charge is 0.432 e. The van der Waals surface area contributed by atoms with E-state index in [1.807, 2.05) is 63.6 Å². The number of pyridine rings is 1. The molecule has 0 aliphatic rings. The van der Waals surface area contributed by atoms with Crippen LogP contribution in [0.1, 0.15) is 74.9 Å². The lowest BCUT2D eigenvalue weighted by Gasteiger charge is -2.26. The van der Waals surface area contributed by atoms with Gasteiger partial charge in [-0.05, 0) is 85.3 Å². The van der Waals surface area contributed by atoms with Crippen LogP contribution in [0.15, 0.2) is 72.8 Å². The Morgan fingerprint density at radius 2 is 0.936 bits per heavy atom. The van der Waals surface area contributed by atoms with E-state index in [2.05, 4.69) is 29.0 Å². The Bertz CT molecular complexity index is 1610. The summed E-state index contributed by atoms with van der Waals surface area (Å²) in [6, 6.07) is 20.8. The minimum Gasteiger partial charge on any atom is -0.310 e. The second-order valence-corrected chi connectivity index (χ2v) is 11.5. The number of nitrogens with zero attached hydrogens (tertiary/aromatic N) is 4. The van der Waals surface area contributed by atoms with Crippen LogP contribution in [0, 0.1) is 0 Å². The summed E-state index contributed by atoms with van der Waals surface area (Å²) in [6.07, 6.45) is -0.953. The number of hydrogen-bond acceptors (Lipinski definition) is 4. The number of rotatable bonds is 13. The van der Waals surface area contributed by atoms with Gasteiger partial charge in [-0.15, -0.1) is 0 Å². The first-order chi connectivity index (χ1) is 22.5. The van der Waals surface area contributed by atoms with Crippen molar-refractivity contribution in [2.24, 2.45) is 0 Å². The van der Waals surface area contributed by atoms with E-state index in [0.29, 0.717) is 5.69 Å². The topological polar surface area (TPSA) is 73.5 Å². The van der Waals surface area contributed by atoms with E-state index in [1.54, 1.807) is 12.1 Å². The summed E-state index contributed by atoms with van der Waals surface area (Å²) in [5.41, 5.74) is 1.95. The molecule has 0 atom stereocenters. The lowest BCUT2D eigenvalue weighted by molar-refractivity contribution is -0.142. The number of halogens is 6. The van der Waals surface area contributed by atoms with Crippen molar-refractivity contribution in [3.05, 3.63) is 95.3 Å². The molecule has 0 radical (unpaired) electrons. The van der Waals surface area contributed by atoms with Gasteiger partial charge in [-0.1, -0.05) is 63.8 Å². The maximum absolute atomic E-state index is 13.5. The Balaban J connectivity index is 1.64. The standard InChI is InChI=1S/C35H36F6N6/c1-3-5-7-9-23-11-15-25(16-12-23)47(26-17-13-24(14-18-26)10-8-6-4-2)27-19-28(30-21-32(45-43-30)34(36,37)38)42-29(20-27)31-22-33(46-44-31)35(39,40)41/h11-22H,3-10H2,1-2H3,(H,43,45)(H,44,46). The van der Waals surface area contributed by atoms with Gasteiger partial charge in [0.25, 0.3) is 0 Å². The maximum Gasteiger partial charge on any atom is 0.432 e. The van der Waals surface area contributed by atoms with Gasteiger partial charge < -0.3 is 4.90 Å². The first-order valence-corrected chi connectivity index (χ1v) is 15.7. The number of H-pyrrole nitrogens is 2. The van der Waals surface area contributed by atoms with E-state index in [9.17, 15) is 26.3 Å². The number of aryl methyl sites for hydroxylation is 2. The fraction of sp³-hybridized carbons (Fsp3) is 0.343. The number of hydrogen-bond donors (Lipinski definition) is 2. The Kier molecular flexibility index (Phi) is 10.4. The highest BCUT2D eigenvalue weighted by atomic mass is 19.4. The third kappa shape index (κ3) is 8.41. The Hall–Kier alpha value is -4.61. The molecule has 6 nitrogen and oxygen atoms in total. The van der Waals surface area contributed by atoms with Crippen LogP contribution in [0.2, 0.25) is 0 Å². The summed E-state index contributed by atoms with van der Waals surface area (Å²) in [6.45, 7) is 4.29. The van der Waals surface area contributed by atoms with Gasteiger partial charge in [0.1, 0.15) is 22.8 Å². The highest BCUT2D eigenvalue weighted by molar-refractivity contribution is 5.81. The lowest BCUT2D eigenvalue weighted by atomic mass is 10.0. The monoisotopic (exact) mass is 654 g/mol. The molecule has 3 aromatic heterocycles. The number of aromatic nitrogens is 5. The normalized spacial score (nSPS) is 12.1. The smallest absolute Gasteiger partial charge is 0.310 e. The fourth-order valence-electron chi connectivity index (χ4n) is 5.33. The molecular formula is C35H36F6N6. The molecule has 5 rings (SSSR count). The molecule has 0 aliphatic carbocycles. The van der Waals surface area contributed by atoms with E-state index in [4.69, 9.17) is 0 Å². The number of aromatic amines is 2. The zero-order valence-electron chi connectivity index (χ0n) is 26.1. The highest BCUT2D eigenvalue weighted by Crippen LogP contribution is 2.40. The van der Waals surface area contributed by atoms with Gasteiger partial charge in [0, 0.05) is 11.4 Å². The van der Waals surface area contributed by atoms with Crippen LogP contribution in [-0.4, -0.2) is 25.4 Å². The fourth-order valence-corrected chi connectivity index (χ4v) is 5.33. The average Bonchev–Trinajstić information content (AvgIpc) is 3.75. The van der Waals surface area contributed by atoms with E-state index in [1.165, 1.54) is 0 Å². The summed E-state index contributed by atoms with van der Waals surface area (Å²) < 4.78 is 80.8. The van der Waals surface area contributed by atoms with Crippen LogP contribution in [0.3, 0.4) is 0 Å². The van der Waals surface area contributed by atoms with E-state index < -0.39 is 23.7 Å². The van der Waals surface area contributed by atoms with Crippen molar-refractivity contribution in [2.75, 3.05) is 4.90 Å². The van der Waals surface area contributed by atoms with Crippen LogP contribution in [0.4, 0.5) is 43.4 Å². The highest BCUT2D eigenvalue weighted by Gasteiger charge is 2.35. The van der Waals surface area contributed by atoms with Gasteiger partial charge in [-0.3, -0.25) is 10.2 Å². The zero-order chi connectivity index (χ0) is 33.6. The Morgan fingerprint density at radius 1 is 0.532 bits per heavy atom. The summed E-state index contributed by atoms with van der Waals surface area (Å²) >= 11 is 0. The minimum absolute atomic E-state index is 0.0261. The molecule has 3 heterocycles. The third-order valence-electron chi connectivity index (χ3n) is 7.89. The van der Waals surface area contributed by atoms with Gasteiger partial charge in [0.2, 0.25) is 0 Å². The summed E-state index contributed by atoms with van der Waals surface area (Å²) in [5.74, 6) is 0. The molecule has 0 saturated heterocycles. The second-order valence-electron chi connectivity index (χ2n) is 11.5. The van der Waals surface area contributed by atoms with E-state index in [0.717, 1.165) is 86.0 Å². The molecule has 47 heavy (non-hydrogen) atoms. The van der Waals surface area contributed by atoms with Crippen LogP contribution in [0.5, 0.6) is 0 Å². The summed E-state index contributed by atoms with van der Waals surface area (Å²) in [4.78, 5) is 6.32. The predicted molar refractivity (Wildman–Crippen MR) is 171 cm³/mol. The van der Waals surface area contributed by atoms with Crippen molar-refractivity contribution < 1.29 is 26.3 Å². The first-order valence-electron chi connectivity index (χ1n) is 15.7. The molecule has 0 unspecified atom stereocenters. The molecule has 0 saturated carbocycles. The molecule has 2 aromatic carbocycles. The molecule has 248 valence electrons. The van der Waals surface area contributed by atoms with Crippen molar-refractivity contribution in [1.82, 2.24) is 25.4 Å². The van der Waals surface area contributed by atoms with Crippen molar-refractivity contribution in [3.8, 4) is 22.8 Å². The number of unbranched alkanes of at least 4 members (excludes halogenated alkanes) is 4. The number of alkyl halides is 6. The molecule has 0 spiro atoms. The quantitative estimate of drug-likeness (QED) is 0.0979. The first kappa shape index (κ1) is 33.7. The van der Waals surface area contributed by atoms with Crippen molar-refractivity contribution in [1.29, 1.82) is 0 Å². The van der Waals surface area contributed by atoms with Gasteiger partial charge in [-0.2, -0.15) is 36.5 Å². The maximum atomic E-state index is 13.5. The second kappa shape index (κ2) is 14.4. The molecule has 0 aliphatic heterocycles. The molecule has 5 aromatic rings. The molecule has 0 amide bonds. The van der Waals surface area contributed by atoms with E-state index >= 15 is 0 Å². The molecule has 12 heteroatoms. The van der Waals surface area contributed by atoms with Gasteiger partial charge in [0.05, 0.1) is 17.1 Å². The Morgan fingerprint density at radius 3 is 1.28 bits per heavy atom. The van der Waals surface area contributed by atoms with Crippen molar-refractivity contribution in [3.63, 3.8) is 0 Å². The number of nitrogens with one attached hydrogen (secondary N) is 2.